The highest BCUT2D eigenvalue weighted by Gasteiger charge is 1.97. The van der Waals surface area contributed by atoms with Gasteiger partial charge in [0.1, 0.15) is 0 Å². The molecule has 0 radical (unpaired) electrons. The van der Waals surface area contributed by atoms with E-state index in [1.807, 2.05) is 13.8 Å². The molecule has 0 atom stereocenters. The molecule has 4 rings (SSSR count). The molecule has 4 aromatic rings. The Morgan fingerprint density at radius 1 is 0.552 bits per heavy atom. The van der Waals surface area contributed by atoms with Gasteiger partial charge in [-0.25, -0.2) is 0 Å². The first-order valence-corrected chi connectivity index (χ1v) is 10.9. The highest BCUT2D eigenvalue weighted by Crippen LogP contribution is 2.20. The van der Waals surface area contributed by atoms with Crippen molar-refractivity contribution in [2.24, 2.45) is 0 Å². The van der Waals surface area contributed by atoms with Crippen LogP contribution < -0.4 is 0 Å². The van der Waals surface area contributed by atoms with Crippen LogP contribution >= 0.6 is 0 Å². The largest absolute Gasteiger partial charge is 0.0683 e. The molecule has 29 heavy (non-hydrogen) atoms. The predicted octanol–water partition coefficient (Wildman–Crippen LogP) is 8.73. The zero-order chi connectivity index (χ0) is 20.9. The second-order valence-corrected chi connectivity index (χ2v) is 6.80. The molecule has 0 amide bonds. The van der Waals surface area contributed by atoms with E-state index in [2.05, 4.69) is 111 Å². The van der Waals surface area contributed by atoms with E-state index in [1.54, 1.807) is 0 Å². The fourth-order valence-corrected chi connectivity index (χ4v) is 3.38. The fourth-order valence-electron chi connectivity index (χ4n) is 3.38. The van der Waals surface area contributed by atoms with Gasteiger partial charge >= 0.3 is 0 Å². The Kier molecular flexibility index (Phi) is 9.72. The minimum atomic E-state index is 1.11. The maximum Gasteiger partial charge on any atom is -0.0152 e. The Morgan fingerprint density at radius 3 is 1.79 bits per heavy atom. The smallest absolute Gasteiger partial charge is 0.0152 e. The third-order valence-corrected chi connectivity index (χ3v) is 4.86. The van der Waals surface area contributed by atoms with Crippen LogP contribution in [-0.4, -0.2) is 0 Å². The zero-order valence-electron chi connectivity index (χ0n) is 18.4. The topological polar surface area (TPSA) is 0 Å². The molecule has 0 saturated carbocycles. The van der Waals surface area contributed by atoms with E-state index in [1.165, 1.54) is 45.9 Å². The molecule has 0 aliphatic carbocycles. The van der Waals surface area contributed by atoms with E-state index in [-0.39, 0.29) is 0 Å². The highest BCUT2D eigenvalue weighted by atomic mass is 14.0. The second kappa shape index (κ2) is 12.6. The minimum absolute atomic E-state index is 1.11. The van der Waals surface area contributed by atoms with Crippen molar-refractivity contribution in [1.82, 2.24) is 0 Å². The van der Waals surface area contributed by atoms with Gasteiger partial charge in [0, 0.05) is 0 Å². The zero-order valence-corrected chi connectivity index (χ0v) is 18.4. The SMILES string of the molecule is CC.CCCc1ccc(-c2ccccc2)cc1.CCc1cccc2ccccc12. The molecule has 150 valence electrons. The van der Waals surface area contributed by atoms with Gasteiger partial charge in [0.05, 0.1) is 0 Å². The van der Waals surface area contributed by atoms with Crippen molar-refractivity contribution in [1.29, 1.82) is 0 Å². The lowest BCUT2D eigenvalue weighted by Crippen LogP contribution is -1.83. The Hall–Kier alpha value is -2.86. The summed E-state index contributed by atoms with van der Waals surface area (Å²) in [5, 5.41) is 2.74. The summed E-state index contributed by atoms with van der Waals surface area (Å²) < 4.78 is 0. The molecule has 0 nitrogen and oxygen atoms in total. The summed E-state index contributed by atoms with van der Waals surface area (Å²) in [6.45, 7) is 8.41. The molecule has 0 saturated heterocycles. The number of hydrogen-bond acceptors (Lipinski definition) is 0. The molecule has 0 heteroatoms. The van der Waals surface area contributed by atoms with E-state index < -0.39 is 0 Å². The van der Waals surface area contributed by atoms with Crippen LogP contribution in [0.15, 0.2) is 97.1 Å². The monoisotopic (exact) mass is 382 g/mol. The minimum Gasteiger partial charge on any atom is -0.0683 e. The van der Waals surface area contributed by atoms with Gasteiger partial charge in [0.25, 0.3) is 0 Å². The van der Waals surface area contributed by atoms with E-state index >= 15 is 0 Å². The molecule has 4 aromatic carbocycles. The van der Waals surface area contributed by atoms with Gasteiger partial charge < -0.3 is 0 Å². The van der Waals surface area contributed by atoms with Crippen molar-refractivity contribution < 1.29 is 0 Å². The normalized spacial score (nSPS) is 9.79. The predicted molar refractivity (Wildman–Crippen MR) is 131 cm³/mol. The first kappa shape index (κ1) is 22.4. The van der Waals surface area contributed by atoms with Gasteiger partial charge in [0.15, 0.2) is 0 Å². The molecular formula is C29H34. The van der Waals surface area contributed by atoms with Gasteiger partial charge in [-0.2, -0.15) is 0 Å². The lowest BCUT2D eigenvalue weighted by molar-refractivity contribution is 0.922. The first-order valence-electron chi connectivity index (χ1n) is 10.9. The number of fused-ring (bicyclic) bond motifs is 1. The molecule has 0 aliphatic heterocycles. The van der Waals surface area contributed by atoms with Crippen LogP contribution in [0.3, 0.4) is 0 Å². The second-order valence-electron chi connectivity index (χ2n) is 6.80. The summed E-state index contributed by atoms with van der Waals surface area (Å²) in [7, 11) is 0. The Balaban J connectivity index is 0.000000194. The number of benzene rings is 4. The molecule has 0 spiro atoms. The van der Waals surface area contributed by atoms with E-state index in [4.69, 9.17) is 0 Å². The van der Waals surface area contributed by atoms with Crippen LogP contribution in [0.2, 0.25) is 0 Å². The maximum atomic E-state index is 2.23. The van der Waals surface area contributed by atoms with E-state index in [9.17, 15) is 0 Å². The average molecular weight is 383 g/mol. The summed E-state index contributed by atoms with van der Waals surface area (Å²) in [5.74, 6) is 0. The van der Waals surface area contributed by atoms with Crippen LogP contribution in [-0.2, 0) is 12.8 Å². The maximum absolute atomic E-state index is 2.23. The molecule has 0 aliphatic rings. The molecular weight excluding hydrogens is 348 g/mol. The van der Waals surface area contributed by atoms with Crippen molar-refractivity contribution in [3.8, 4) is 11.1 Å². The van der Waals surface area contributed by atoms with Crippen molar-refractivity contribution in [3.63, 3.8) is 0 Å². The molecule has 0 N–H and O–H groups in total. The molecule has 0 heterocycles. The fraction of sp³-hybridized carbons (Fsp3) is 0.241. The number of hydrogen-bond donors (Lipinski definition) is 0. The standard InChI is InChI=1S/C15H16.C12H12.C2H6/c1-2-6-13-9-11-15(12-10-13)14-7-4-3-5-8-14;1-2-10-7-5-8-11-6-3-4-9-12(10)11;1-2/h3-5,7-12H,2,6H2,1H3;3-9H,2H2,1H3;1-2H3. The first-order chi connectivity index (χ1) is 14.3. The summed E-state index contributed by atoms with van der Waals surface area (Å²) in [4.78, 5) is 0. The van der Waals surface area contributed by atoms with Gasteiger partial charge in [-0.15, -0.1) is 0 Å². The lowest BCUT2D eigenvalue weighted by atomic mass is 10.0. The third kappa shape index (κ3) is 6.61. The number of aryl methyl sites for hydroxylation is 2. The Morgan fingerprint density at radius 2 is 1.14 bits per heavy atom. The van der Waals surface area contributed by atoms with Crippen LogP contribution in [0.4, 0.5) is 0 Å². The van der Waals surface area contributed by atoms with Crippen molar-refractivity contribution in [2.45, 2.75) is 47.0 Å². The van der Waals surface area contributed by atoms with Crippen LogP contribution in [0.1, 0.15) is 45.2 Å². The Labute approximate surface area is 177 Å². The van der Waals surface area contributed by atoms with Crippen LogP contribution in [0, 0.1) is 0 Å². The van der Waals surface area contributed by atoms with E-state index in [0.717, 1.165) is 6.42 Å². The summed E-state index contributed by atoms with van der Waals surface area (Å²) in [6, 6.07) is 34.4. The van der Waals surface area contributed by atoms with Gasteiger partial charge in [0.2, 0.25) is 0 Å². The summed E-state index contributed by atoms with van der Waals surface area (Å²) in [5.41, 5.74) is 5.46. The van der Waals surface area contributed by atoms with Crippen LogP contribution in [0.25, 0.3) is 21.9 Å². The molecule has 0 unspecified atom stereocenters. The quantitative estimate of drug-likeness (QED) is 0.331. The summed E-state index contributed by atoms with van der Waals surface area (Å²) >= 11 is 0. The van der Waals surface area contributed by atoms with Crippen molar-refractivity contribution >= 4 is 10.8 Å². The Bertz CT molecular complexity index is 945. The molecule has 0 aromatic heterocycles. The summed E-state index contributed by atoms with van der Waals surface area (Å²) in [6.07, 6.45) is 3.50. The van der Waals surface area contributed by atoms with Crippen molar-refractivity contribution in [2.75, 3.05) is 0 Å². The van der Waals surface area contributed by atoms with Crippen LogP contribution in [0.5, 0.6) is 0 Å². The average Bonchev–Trinajstić information content (AvgIpc) is 2.82. The van der Waals surface area contributed by atoms with E-state index in [0.29, 0.717) is 0 Å². The lowest BCUT2D eigenvalue weighted by Gasteiger charge is -2.03. The van der Waals surface area contributed by atoms with Gasteiger partial charge in [-0.1, -0.05) is 131 Å². The molecule has 0 bridgehead atoms. The third-order valence-electron chi connectivity index (χ3n) is 4.86. The highest BCUT2D eigenvalue weighted by molar-refractivity contribution is 5.85. The van der Waals surface area contributed by atoms with Gasteiger partial charge in [-0.05, 0) is 45.9 Å². The van der Waals surface area contributed by atoms with Crippen molar-refractivity contribution in [3.05, 3.63) is 108 Å². The molecule has 0 fully saturated rings. The number of rotatable bonds is 4. The van der Waals surface area contributed by atoms with Gasteiger partial charge in [-0.3, -0.25) is 0 Å².